The van der Waals surface area contributed by atoms with Gasteiger partial charge in [-0.05, 0) is 12.1 Å². The molecule has 0 bridgehead atoms. The maximum atomic E-state index is 12.6. The number of nitroso groups, excluding NO2 is 1. The van der Waals surface area contributed by atoms with E-state index in [0.29, 0.717) is 0 Å². The zero-order valence-electron chi connectivity index (χ0n) is 6.59. The Morgan fingerprint density at radius 1 is 1.46 bits per heavy atom. The SMILES string of the molecule is CC(F)c1n[nH]c(C(F)F)c1N=O. The number of rotatable bonds is 3. The van der Waals surface area contributed by atoms with Gasteiger partial charge in [0.2, 0.25) is 0 Å². The summed E-state index contributed by atoms with van der Waals surface area (Å²) in [7, 11) is 0. The molecule has 0 aromatic carbocycles. The van der Waals surface area contributed by atoms with E-state index in [1.54, 1.807) is 0 Å². The molecule has 0 aliphatic carbocycles. The van der Waals surface area contributed by atoms with Gasteiger partial charge < -0.3 is 0 Å². The molecule has 1 N–H and O–H groups in total. The summed E-state index contributed by atoms with van der Waals surface area (Å²) >= 11 is 0. The molecule has 4 nitrogen and oxygen atoms in total. The molecular weight excluding hydrogens is 187 g/mol. The second kappa shape index (κ2) is 3.55. The van der Waals surface area contributed by atoms with E-state index in [1.165, 1.54) is 0 Å². The Hall–Kier alpha value is -1.40. The minimum atomic E-state index is -2.91. The molecule has 0 aliphatic rings. The highest BCUT2D eigenvalue weighted by Gasteiger charge is 2.24. The van der Waals surface area contributed by atoms with E-state index in [-0.39, 0.29) is 5.69 Å². The van der Waals surface area contributed by atoms with Crippen molar-refractivity contribution in [1.82, 2.24) is 10.2 Å². The number of H-pyrrole nitrogens is 1. The van der Waals surface area contributed by atoms with Crippen molar-refractivity contribution in [2.75, 3.05) is 0 Å². The third-order valence-electron chi connectivity index (χ3n) is 1.48. The predicted molar refractivity (Wildman–Crippen MR) is 38.5 cm³/mol. The first-order valence-corrected chi connectivity index (χ1v) is 3.41. The molecule has 1 aromatic rings. The molecule has 1 atom stereocenters. The topological polar surface area (TPSA) is 58.1 Å². The quantitative estimate of drug-likeness (QED) is 0.750. The first-order valence-electron chi connectivity index (χ1n) is 3.41. The lowest BCUT2D eigenvalue weighted by Crippen LogP contribution is -1.85. The second-order valence-corrected chi connectivity index (χ2v) is 2.38. The van der Waals surface area contributed by atoms with Gasteiger partial charge in [0, 0.05) is 0 Å². The fourth-order valence-electron chi connectivity index (χ4n) is 0.890. The van der Waals surface area contributed by atoms with E-state index < -0.39 is 24.0 Å². The summed E-state index contributed by atoms with van der Waals surface area (Å²) in [4.78, 5) is 10.1. The van der Waals surface area contributed by atoms with Crippen molar-refractivity contribution in [2.24, 2.45) is 5.18 Å². The summed E-state index contributed by atoms with van der Waals surface area (Å²) in [5.41, 5.74) is -1.76. The van der Waals surface area contributed by atoms with E-state index >= 15 is 0 Å². The predicted octanol–water partition coefficient (Wildman–Crippen LogP) is 2.78. The number of hydrogen-bond donors (Lipinski definition) is 1. The molecule has 7 heteroatoms. The van der Waals surface area contributed by atoms with Crippen molar-refractivity contribution in [2.45, 2.75) is 19.5 Å². The first-order chi connectivity index (χ1) is 6.07. The van der Waals surface area contributed by atoms with Crippen molar-refractivity contribution < 1.29 is 13.2 Å². The largest absolute Gasteiger partial charge is 0.282 e. The lowest BCUT2D eigenvalue weighted by Gasteiger charge is -1.96. The number of alkyl halides is 3. The molecule has 0 saturated heterocycles. The Bertz CT molecular complexity index is 285. The van der Waals surface area contributed by atoms with Crippen molar-refractivity contribution >= 4 is 5.69 Å². The van der Waals surface area contributed by atoms with Crippen LogP contribution in [0, 0.1) is 4.91 Å². The fourth-order valence-corrected chi connectivity index (χ4v) is 0.890. The van der Waals surface area contributed by atoms with Gasteiger partial charge in [0.1, 0.15) is 17.6 Å². The van der Waals surface area contributed by atoms with Crippen LogP contribution in [0.15, 0.2) is 5.18 Å². The van der Waals surface area contributed by atoms with Gasteiger partial charge >= 0.3 is 0 Å². The second-order valence-electron chi connectivity index (χ2n) is 2.38. The van der Waals surface area contributed by atoms with Crippen LogP contribution in [0.3, 0.4) is 0 Å². The number of aromatic amines is 1. The third-order valence-corrected chi connectivity index (χ3v) is 1.48. The molecule has 0 radical (unpaired) electrons. The van der Waals surface area contributed by atoms with Crippen molar-refractivity contribution in [3.63, 3.8) is 0 Å². The average Bonchev–Trinajstić information content (AvgIpc) is 2.46. The van der Waals surface area contributed by atoms with Gasteiger partial charge in [-0.25, -0.2) is 13.2 Å². The van der Waals surface area contributed by atoms with Gasteiger partial charge in [-0.2, -0.15) is 5.10 Å². The normalized spacial score (nSPS) is 13.3. The molecule has 0 spiro atoms. The lowest BCUT2D eigenvalue weighted by atomic mass is 10.2. The summed E-state index contributed by atoms with van der Waals surface area (Å²) in [5.74, 6) is 0. The van der Waals surface area contributed by atoms with Crippen LogP contribution in [0.1, 0.15) is 30.9 Å². The summed E-state index contributed by atoms with van der Waals surface area (Å²) < 4.78 is 36.8. The monoisotopic (exact) mass is 193 g/mol. The van der Waals surface area contributed by atoms with Gasteiger partial charge in [-0.3, -0.25) is 5.10 Å². The van der Waals surface area contributed by atoms with Crippen LogP contribution in [0.25, 0.3) is 0 Å². The summed E-state index contributed by atoms with van der Waals surface area (Å²) in [6.07, 6.45) is -4.51. The van der Waals surface area contributed by atoms with Crippen LogP contribution in [-0.2, 0) is 0 Å². The average molecular weight is 193 g/mol. The number of aromatic nitrogens is 2. The molecule has 72 valence electrons. The van der Waals surface area contributed by atoms with E-state index in [1.807, 2.05) is 5.10 Å². The van der Waals surface area contributed by atoms with Gasteiger partial charge in [0.05, 0.1) is 0 Å². The molecule has 0 fully saturated rings. The van der Waals surface area contributed by atoms with E-state index in [0.717, 1.165) is 6.92 Å². The van der Waals surface area contributed by atoms with Gasteiger partial charge in [0.15, 0.2) is 5.69 Å². The van der Waals surface area contributed by atoms with E-state index in [2.05, 4.69) is 10.3 Å². The van der Waals surface area contributed by atoms with Crippen LogP contribution >= 0.6 is 0 Å². The Balaban J connectivity index is 3.18. The number of halogens is 3. The highest BCUT2D eigenvalue weighted by molar-refractivity contribution is 5.48. The molecule has 0 saturated carbocycles. The standard InChI is InChI=1S/C6H6F3N3O/c1-2(7)3-4(12-13)5(6(8)9)11-10-3/h2,6H,1H3,(H,10,11). The zero-order valence-corrected chi connectivity index (χ0v) is 6.59. The highest BCUT2D eigenvalue weighted by Crippen LogP contribution is 2.34. The zero-order chi connectivity index (χ0) is 10.0. The Labute approximate surface area is 71.1 Å². The molecule has 0 aliphatic heterocycles. The lowest BCUT2D eigenvalue weighted by molar-refractivity contribution is 0.146. The Morgan fingerprint density at radius 2 is 2.08 bits per heavy atom. The molecule has 13 heavy (non-hydrogen) atoms. The van der Waals surface area contributed by atoms with Crippen LogP contribution in [0.2, 0.25) is 0 Å². The van der Waals surface area contributed by atoms with Gasteiger partial charge in [-0.15, -0.1) is 4.91 Å². The van der Waals surface area contributed by atoms with E-state index in [4.69, 9.17) is 0 Å². The number of nitrogens with zero attached hydrogens (tertiary/aromatic N) is 2. The minimum Gasteiger partial charge on any atom is -0.274 e. The molecule has 1 rings (SSSR count). The van der Waals surface area contributed by atoms with Crippen molar-refractivity contribution in [3.8, 4) is 0 Å². The van der Waals surface area contributed by atoms with Crippen LogP contribution in [-0.4, -0.2) is 10.2 Å². The van der Waals surface area contributed by atoms with Crippen molar-refractivity contribution in [1.29, 1.82) is 0 Å². The van der Waals surface area contributed by atoms with Gasteiger partial charge in [-0.1, -0.05) is 0 Å². The highest BCUT2D eigenvalue weighted by atomic mass is 19.3. The maximum absolute atomic E-state index is 12.6. The summed E-state index contributed by atoms with van der Waals surface area (Å²) in [5, 5.41) is 7.42. The molecule has 0 amide bonds. The molecular formula is C6H6F3N3O. The minimum absolute atomic E-state index is 0.384. The van der Waals surface area contributed by atoms with Crippen LogP contribution in [0.4, 0.5) is 18.9 Å². The first kappa shape index (κ1) is 9.69. The molecule has 1 unspecified atom stereocenters. The Morgan fingerprint density at radius 3 is 2.46 bits per heavy atom. The molecule has 1 heterocycles. The number of nitrogens with one attached hydrogen (secondary N) is 1. The third kappa shape index (κ3) is 1.68. The van der Waals surface area contributed by atoms with E-state index in [9.17, 15) is 18.1 Å². The van der Waals surface area contributed by atoms with Crippen molar-refractivity contribution in [3.05, 3.63) is 16.3 Å². The summed E-state index contributed by atoms with van der Waals surface area (Å²) in [6.45, 7) is 1.08. The maximum Gasteiger partial charge on any atom is 0.282 e. The fraction of sp³-hybridized carbons (Fsp3) is 0.500. The van der Waals surface area contributed by atoms with Crippen LogP contribution < -0.4 is 0 Å². The van der Waals surface area contributed by atoms with Gasteiger partial charge in [0.25, 0.3) is 6.43 Å². The van der Waals surface area contributed by atoms with Crippen LogP contribution in [0.5, 0.6) is 0 Å². The number of hydrogen-bond acceptors (Lipinski definition) is 3. The summed E-state index contributed by atoms with van der Waals surface area (Å²) in [6, 6.07) is 0. The smallest absolute Gasteiger partial charge is 0.274 e. The Kier molecular flexibility index (Phi) is 2.64. The molecule has 1 aromatic heterocycles.